The van der Waals surface area contributed by atoms with Crippen LogP contribution in [0, 0.1) is 13.8 Å². The summed E-state index contributed by atoms with van der Waals surface area (Å²) in [5.74, 6) is -0.649. The van der Waals surface area contributed by atoms with Gasteiger partial charge in [0.1, 0.15) is 5.58 Å². The van der Waals surface area contributed by atoms with E-state index in [1.165, 1.54) is 17.4 Å². The summed E-state index contributed by atoms with van der Waals surface area (Å²) >= 11 is 1.44. The van der Waals surface area contributed by atoms with Crippen LogP contribution >= 0.6 is 11.3 Å². The molecule has 1 amide bonds. The highest BCUT2D eigenvalue weighted by Crippen LogP contribution is 2.23. The van der Waals surface area contributed by atoms with Crippen molar-refractivity contribution in [3.63, 3.8) is 0 Å². The fourth-order valence-electron chi connectivity index (χ4n) is 3.54. The van der Waals surface area contributed by atoms with Crippen LogP contribution in [0.25, 0.3) is 21.2 Å². The third-order valence-electron chi connectivity index (χ3n) is 4.82. The van der Waals surface area contributed by atoms with Crippen molar-refractivity contribution in [2.24, 2.45) is 4.99 Å². The number of fused-ring (bicyclic) bond motifs is 2. The first-order valence-corrected chi connectivity index (χ1v) is 10.6. The number of nitrogens with zero attached hydrogens (tertiary/aromatic N) is 2. The molecule has 2 aromatic heterocycles. The summed E-state index contributed by atoms with van der Waals surface area (Å²) in [7, 11) is 0. The summed E-state index contributed by atoms with van der Waals surface area (Å²) in [5.41, 5.74) is 3.41. The highest BCUT2D eigenvalue weighted by Gasteiger charge is 2.14. The number of rotatable bonds is 5. The summed E-state index contributed by atoms with van der Waals surface area (Å²) in [6.07, 6.45) is 0. The SMILES string of the molecule is CCOCCn1c(=NC(=O)c2cc(=O)c3ccccc3o2)sc2cc(C)cc(C)c21. The highest BCUT2D eigenvalue weighted by atomic mass is 32.1. The molecule has 4 rings (SSSR count). The van der Waals surface area contributed by atoms with Crippen molar-refractivity contribution >= 4 is 38.4 Å². The molecule has 2 aromatic carbocycles. The molecule has 0 saturated carbocycles. The summed E-state index contributed by atoms with van der Waals surface area (Å²) < 4.78 is 14.2. The van der Waals surface area contributed by atoms with E-state index in [1.807, 2.05) is 25.3 Å². The molecule has 154 valence electrons. The number of aromatic nitrogens is 1. The molecule has 0 bridgehead atoms. The summed E-state index contributed by atoms with van der Waals surface area (Å²) in [4.78, 5) is 30.1. The fourth-order valence-corrected chi connectivity index (χ4v) is 4.77. The van der Waals surface area contributed by atoms with Crippen LogP contribution in [-0.4, -0.2) is 23.7 Å². The Hall–Kier alpha value is -3.03. The molecule has 0 spiro atoms. The van der Waals surface area contributed by atoms with E-state index in [0.717, 1.165) is 21.3 Å². The van der Waals surface area contributed by atoms with E-state index in [0.29, 0.717) is 35.5 Å². The van der Waals surface area contributed by atoms with Gasteiger partial charge in [0.05, 0.1) is 22.2 Å². The van der Waals surface area contributed by atoms with Crippen molar-refractivity contribution in [2.75, 3.05) is 13.2 Å². The normalized spacial score (nSPS) is 12.2. The number of amides is 1. The van der Waals surface area contributed by atoms with Crippen molar-refractivity contribution in [1.82, 2.24) is 4.57 Å². The number of para-hydroxylation sites is 1. The molecule has 0 atom stereocenters. The summed E-state index contributed by atoms with van der Waals surface area (Å²) in [6.45, 7) is 7.75. The van der Waals surface area contributed by atoms with Crippen LogP contribution in [0.15, 0.2) is 56.7 Å². The number of ether oxygens (including phenoxy) is 1. The second kappa shape index (κ2) is 8.38. The molecule has 6 nitrogen and oxygen atoms in total. The predicted octanol–water partition coefficient (Wildman–Crippen LogP) is 4.20. The van der Waals surface area contributed by atoms with Gasteiger partial charge in [-0.15, -0.1) is 0 Å². The average Bonchev–Trinajstić information content (AvgIpc) is 3.05. The van der Waals surface area contributed by atoms with Gasteiger partial charge in [-0.05, 0) is 50.1 Å². The van der Waals surface area contributed by atoms with E-state index < -0.39 is 5.91 Å². The van der Waals surface area contributed by atoms with Gasteiger partial charge in [0.15, 0.2) is 16.0 Å². The summed E-state index contributed by atoms with van der Waals surface area (Å²) in [6, 6.07) is 12.3. The standard InChI is InChI=1S/C23H22N2O4S/c1-4-28-10-9-25-21-15(3)11-14(2)12-20(21)30-23(25)24-22(27)19-13-17(26)16-7-5-6-8-18(16)29-19/h5-8,11-13H,4,9-10H2,1-3H3. The Morgan fingerprint density at radius 2 is 2.00 bits per heavy atom. The van der Waals surface area contributed by atoms with Gasteiger partial charge in [-0.2, -0.15) is 4.99 Å². The third-order valence-corrected chi connectivity index (χ3v) is 5.84. The molecule has 0 N–H and O–H groups in total. The molecule has 0 unspecified atom stereocenters. The lowest BCUT2D eigenvalue weighted by Crippen LogP contribution is -2.20. The second-order valence-electron chi connectivity index (χ2n) is 7.05. The van der Waals surface area contributed by atoms with Gasteiger partial charge >= 0.3 is 5.91 Å². The number of hydrogen-bond acceptors (Lipinski definition) is 5. The minimum Gasteiger partial charge on any atom is -0.451 e. The smallest absolute Gasteiger partial charge is 0.315 e. The van der Waals surface area contributed by atoms with E-state index in [1.54, 1.807) is 24.3 Å². The third kappa shape index (κ3) is 3.86. The average molecular weight is 423 g/mol. The zero-order valence-corrected chi connectivity index (χ0v) is 17.9. The molecule has 0 fully saturated rings. The van der Waals surface area contributed by atoms with E-state index in [2.05, 4.69) is 17.1 Å². The van der Waals surface area contributed by atoms with Crippen LogP contribution in [0.3, 0.4) is 0 Å². The maximum Gasteiger partial charge on any atom is 0.315 e. The number of thiazole rings is 1. The molecule has 0 saturated heterocycles. The number of hydrogen-bond donors (Lipinski definition) is 0. The largest absolute Gasteiger partial charge is 0.451 e. The summed E-state index contributed by atoms with van der Waals surface area (Å²) in [5, 5.41) is 0.439. The predicted molar refractivity (Wildman–Crippen MR) is 118 cm³/mol. The van der Waals surface area contributed by atoms with Gasteiger partial charge in [-0.3, -0.25) is 9.59 Å². The Morgan fingerprint density at radius 3 is 2.80 bits per heavy atom. The Morgan fingerprint density at radius 1 is 1.20 bits per heavy atom. The topological polar surface area (TPSA) is 73.8 Å². The molecule has 0 aliphatic rings. The van der Waals surface area contributed by atoms with Crippen molar-refractivity contribution in [3.05, 3.63) is 74.4 Å². The quantitative estimate of drug-likeness (QED) is 0.452. The van der Waals surface area contributed by atoms with Crippen LogP contribution in [-0.2, 0) is 11.3 Å². The lowest BCUT2D eigenvalue weighted by Gasteiger charge is -2.08. The molecular weight excluding hydrogens is 400 g/mol. The Bertz CT molecular complexity index is 1380. The minimum absolute atomic E-state index is 0.0691. The first kappa shape index (κ1) is 20.3. The van der Waals surface area contributed by atoms with Crippen molar-refractivity contribution in [2.45, 2.75) is 27.3 Å². The highest BCUT2D eigenvalue weighted by molar-refractivity contribution is 7.16. The Kier molecular flexibility index (Phi) is 5.65. The van der Waals surface area contributed by atoms with Gasteiger partial charge in [0, 0.05) is 19.2 Å². The lowest BCUT2D eigenvalue weighted by atomic mass is 10.1. The minimum atomic E-state index is -0.580. The fraction of sp³-hybridized carbons (Fsp3) is 0.261. The van der Waals surface area contributed by atoms with Crippen LogP contribution < -0.4 is 10.2 Å². The molecule has 0 aliphatic heterocycles. The van der Waals surface area contributed by atoms with Gasteiger partial charge in [0.2, 0.25) is 0 Å². The maximum absolute atomic E-state index is 12.9. The number of carbonyl (C=O) groups is 1. The molecule has 0 aliphatic carbocycles. The van der Waals surface area contributed by atoms with E-state index in [9.17, 15) is 9.59 Å². The monoisotopic (exact) mass is 422 g/mol. The first-order chi connectivity index (χ1) is 14.5. The Balaban J connectivity index is 1.85. The van der Waals surface area contributed by atoms with Gasteiger partial charge in [-0.1, -0.05) is 29.5 Å². The molecular formula is C23H22N2O4S. The molecule has 4 aromatic rings. The second-order valence-corrected chi connectivity index (χ2v) is 8.06. The number of aryl methyl sites for hydroxylation is 2. The van der Waals surface area contributed by atoms with Gasteiger partial charge in [0.25, 0.3) is 0 Å². The first-order valence-electron chi connectivity index (χ1n) is 9.78. The molecule has 7 heteroatoms. The van der Waals surface area contributed by atoms with E-state index >= 15 is 0 Å². The molecule has 2 heterocycles. The molecule has 30 heavy (non-hydrogen) atoms. The zero-order valence-electron chi connectivity index (χ0n) is 17.1. The van der Waals surface area contributed by atoms with Crippen LogP contribution in [0.2, 0.25) is 0 Å². The van der Waals surface area contributed by atoms with Crippen LogP contribution in [0.4, 0.5) is 0 Å². The molecule has 0 radical (unpaired) electrons. The van der Waals surface area contributed by atoms with E-state index in [-0.39, 0.29) is 11.2 Å². The number of carbonyl (C=O) groups excluding carboxylic acids is 1. The van der Waals surface area contributed by atoms with Gasteiger partial charge < -0.3 is 13.7 Å². The lowest BCUT2D eigenvalue weighted by molar-refractivity contribution is 0.0971. The van der Waals surface area contributed by atoms with Crippen LogP contribution in [0.5, 0.6) is 0 Å². The maximum atomic E-state index is 12.9. The van der Waals surface area contributed by atoms with E-state index in [4.69, 9.17) is 9.15 Å². The zero-order chi connectivity index (χ0) is 21.3. The van der Waals surface area contributed by atoms with Crippen molar-refractivity contribution < 1.29 is 13.9 Å². The Labute approximate surface area is 177 Å². The van der Waals surface area contributed by atoms with Crippen molar-refractivity contribution in [1.29, 1.82) is 0 Å². The van der Waals surface area contributed by atoms with Gasteiger partial charge in [-0.25, -0.2) is 0 Å². The number of benzene rings is 2. The van der Waals surface area contributed by atoms with Crippen molar-refractivity contribution in [3.8, 4) is 0 Å². The van der Waals surface area contributed by atoms with Crippen LogP contribution in [0.1, 0.15) is 28.6 Å².